The molecule has 0 aliphatic carbocycles. The summed E-state index contributed by atoms with van der Waals surface area (Å²) in [4.78, 5) is 11.7. The first-order chi connectivity index (χ1) is 7.68. The lowest BCUT2D eigenvalue weighted by atomic mass is 10.2. The van der Waals surface area contributed by atoms with E-state index in [1.54, 1.807) is 13.8 Å². The predicted molar refractivity (Wildman–Crippen MR) is 51.3 cm³/mol. The van der Waals surface area contributed by atoms with Gasteiger partial charge in [-0.05, 0) is 13.8 Å². The van der Waals surface area contributed by atoms with E-state index in [1.165, 1.54) is 6.20 Å². The van der Waals surface area contributed by atoms with E-state index in [0.717, 1.165) is 0 Å². The van der Waals surface area contributed by atoms with Crippen molar-refractivity contribution in [3.8, 4) is 0 Å². The summed E-state index contributed by atoms with van der Waals surface area (Å²) < 4.78 is 4.82. The number of amides is 1. The SMILES string of the molecule is Cc1cnoc1C(=O)NC(C)c1nn[nH]n1. The van der Waals surface area contributed by atoms with Crippen LogP contribution in [0.3, 0.4) is 0 Å². The van der Waals surface area contributed by atoms with Crippen LogP contribution in [0.5, 0.6) is 0 Å². The van der Waals surface area contributed by atoms with Gasteiger partial charge in [-0.3, -0.25) is 4.79 Å². The van der Waals surface area contributed by atoms with Crippen molar-refractivity contribution in [3.05, 3.63) is 23.3 Å². The van der Waals surface area contributed by atoms with Gasteiger partial charge < -0.3 is 9.84 Å². The zero-order chi connectivity index (χ0) is 11.5. The quantitative estimate of drug-likeness (QED) is 0.755. The summed E-state index contributed by atoms with van der Waals surface area (Å²) in [6.07, 6.45) is 1.48. The van der Waals surface area contributed by atoms with Crippen molar-refractivity contribution in [2.24, 2.45) is 0 Å². The van der Waals surface area contributed by atoms with Gasteiger partial charge in [-0.25, -0.2) is 0 Å². The summed E-state index contributed by atoms with van der Waals surface area (Å²) in [5, 5.41) is 19.4. The molecule has 0 aromatic carbocycles. The minimum Gasteiger partial charge on any atom is -0.351 e. The Bertz CT molecular complexity index is 476. The average molecular weight is 222 g/mol. The number of carbonyl (C=O) groups is 1. The highest BCUT2D eigenvalue weighted by atomic mass is 16.5. The number of tetrazole rings is 1. The number of hydrogen-bond donors (Lipinski definition) is 2. The summed E-state index contributed by atoms with van der Waals surface area (Å²) in [5.41, 5.74) is 0.679. The Morgan fingerprint density at radius 1 is 1.62 bits per heavy atom. The highest BCUT2D eigenvalue weighted by Crippen LogP contribution is 2.09. The maximum absolute atomic E-state index is 11.7. The molecule has 0 spiro atoms. The van der Waals surface area contributed by atoms with Crippen LogP contribution < -0.4 is 5.32 Å². The largest absolute Gasteiger partial charge is 0.351 e. The first-order valence-electron chi connectivity index (χ1n) is 4.64. The third-order valence-corrected chi connectivity index (χ3v) is 2.05. The Labute approximate surface area is 90.4 Å². The molecule has 0 saturated carbocycles. The van der Waals surface area contributed by atoms with Gasteiger partial charge in [0.1, 0.15) is 0 Å². The maximum Gasteiger partial charge on any atom is 0.290 e. The molecule has 2 heterocycles. The van der Waals surface area contributed by atoms with Gasteiger partial charge in [-0.15, -0.1) is 10.2 Å². The summed E-state index contributed by atoms with van der Waals surface area (Å²) in [6, 6.07) is -0.351. The van der Waals surface area contributed by atoms with Crippen molar-refractivity contribution in [2.45, 2.75) is 19.9 Å². The normalized spacial score (nSPS) is 12.4. The molecule has 0 saturated heterocycles. The molecule has 16 heavy (non-hydrogen) atoms. The standard InChI is InChI=1S/C8H10N6O2/c1-4-3-9-16-6(4)8(15)10-5(2)7-11-13-14-12-7/h3,5H,1-2H3,(H,10,15)(H,11,12,13,14). The van der Waals surface area contributed by atoms with Crippen molar-refractivity contribution >= 4 is 5.91 Å². The molecule has 2 rings (SSSR count). The van der Waals surface area contributed by atoms with E-state index in [4.69, 9.17) is 4.52 Å². The number of aromatic nitrogens is 5. The number of rotatable bonds is 3. The molecule has 0 fully saturated rings. The highest BCUT2D eigenvalue weighted by Gasteiger charge is 2.19. The molecule has 0 aliphatic heterocycles. The second-order valence-electron chi connectivity index (χ2n) is 3.30. The van der Waals surface area contributed by atoms with E-state index in [1.807, 2.05) is 0 Å². The lowest BCUT2D eigenvalue weighted by molar-refractivity contribution is 0.0900. The lowest BCUT2D eigenvalue weighted by Crippen LogP contribution is -2.27. The van der Waals surface area contributed by atoms with Gasteiger partial charge in [0, 0.05) is 5.56 Å². The highest BCUT2D eigenvalue weighted by molar-refractivity contribution is 5.92. The van der Waals surface area contributed by atoms with E-state index < -0.39 is 0 Å². The van der Waals surface area contributed by atoms with E-state index in [2.05, 4.69) is 31.1 Å². The average Bonchev–Trinajstić information content (AvgIpc) is 2.86. The van der Waals surface area contributed by atoms with Crippen LogP contribution in [0.2, 0.25) is 0 Å². The first kappa shape index (κ1) is 10.3. The fourth-order valence-electron chi connectivity index (χ4n) is 1.19. The van der Waals surface area contributed by atoms with Gasteiger partial charge in [0.15, 0.2) is 5.82 Å². The van der Waals surface area contributed by atoms with Crippen LogP contribution in [0, 0.1) is 6.92 Å². The van der Waals surface area contributed by atoms with Crippen molar-refractivity contribution in [2.75, 3.05) is 0 Å². The molecule has 84 valence electrons. The van der Waals surface area contributed by atoms with Gasteiger partial charge >= 0.3 is 0 Å². The lowest BCUT2D eigenvalue weighted by Gasteiger charge is -2.07. The topological polar surface area (TPSA) is 110 Å². The Morgan fingerprint density at radius 2 is 2.44 bits per heavy atom. The van der Waals surface area contributed by atoms with Crippen molar-refractivity contribution in [3.63, 3.8) is 0 Å². The summed E-state index contributed by atoms with van der Waals surface area (Å²) in [5.74, 6) is 0.244. The van der Waals surface area contributed by atoms with Crippen LogP contribution in [-0.2, 0) is 0 Å². The fourth-order valence-corrected chi connectivity index (χ4v) is 1.19. The van der Waals surface area contributed by atoms with E-state index in [-0.39, 0.29) is 17.7 Å². The molecular formula is C8H10N6O2. The second kappa shape index (κ2) is 4.09. The van der Waals surface area contributed by atoms with Crippen LogP contribution >= 0.6 is 0 Å². The molecule has 2 aromatic heterocycles. The van der Waals surface area contributed by atoms with Crippen LogP contribution in [0.4, 0.5) is 0 Å². The summed E-state index contributed by atoms with van der Waals surface area (Å²) in [6.45, 7) is 3.49. The Hall–Kier alpha value is -2.25. The summed E-state index contributed by atoms with van der Waals surface area (Å²) in [7, 11) is 0. The van der Waals surface area contributed by atoms with Crippen LogP contribution in [0.25, 0.3) is 0 Å². The number of aromatic amines is 1. The molecule has 2 N–H and O–H groups in total. The Kier molecular flexibility index (Phi) is 2.63. The summed E-state index contributed by atoms with van der Waals surface area (Å²) >= 11 is 0. The second-order valence-corrected chi connectivity index (χ2v) is 3.30. The predicted octanol–water partition coefficient (Wildman–Crippen LogP) is -0.0129. The number of aryl methyl sites for hydroxylation is 1. The Morgan fingerprint density at radius 3 is 3.00 bits per heavy atom. The van der Waals surface area contributed by atoms with Crippen LogP contribution in [-0.4, -0.2) is 31.7 Å². The van der Waals surface area contributed by atoms with Crippen molar-refractivity contribution < 1.29 is 9.32 Å². The minimum absolute atomic E-state index is 0.190. The first-order valence-corrected chi connectivity index (χ1v) is 4.64. The smallest absolute Gasteiger partial charge is 0.290 e. The van der Waals surface area contributed by atoms with E-state index in [9.17, 15) is 4.79 Å². The molecule has 0 radical (unpaired) electrons. The number of nitrogens with zero attached hydrogens (tertiary/aromatic N) is 4. The van der Waals surface area contributed by atoms with Gasteiger partial charge in [0.2, 0.25) is 5.76 Å². The van der Waals surface area contributed by atoms with Crippen LogP contribution in [0.15, 0.2) is 10.7 Å². The molecule has 0 aliphatic rings. The maximum atomic E-state index is 11.7. The molecule has 0 bridgehead atoms. The monoisotopic (exact) mass is 222 g/mol. The number of hydrogen-bond acceptors (Lipinski definition) is 6. The van der Waals surface area contributed by atoms with E-state index >= 15 is 0 Å². The van der Waals surface area contributed by atoms with E-state index in [0.29, 0.717) is 11.4 Å². The minimum atomic E-state index is -0.354. The number of H-pyrrole nitrogens is 1. The molecule has 8 heteroatoms. The molecule has 1 amide bonds. The third-order valence-electron chi connectivity index (χ3n) is 2.05. The Balaban J connectivity index is 2.06. The van der Waals surface area contributed by atoms with Gasteiger partial charge in [-0.1, -0.05) is 10.4 Å². The van der Waals surface area contributed by atoms with Crippen LogP contribution in [0.1, 0.15) is 34.9 Å². The zero-order valence-corrected chi connectivity index (χ0v) is 8.76. The van der Waals surface area contributed by atoms with Crippen molar-refractivity contribution in [1.82, 2.24) is 31.1 Å². The molecule has 1 unspecified atom stereocenters. The van der Waals surface area contributed by atoms with Gasteiger partial charge in [0.25, 0.3) is 5.91 Å². The fraction of sp³-hybridized carbons (Fsp3) is 0.375. The molecule has 2 aromatic rings. The zero-order valence-electron chi connectivity index (χ0n) is 8.76. The molecule has 1 atom stereocenters. The number of nitrogens with one attached hydrogen (secondary N) is 2. The third kappa shape index (κ3) is 1.90. The van der Waals surface area contributed by atoms with Crippen molar-refractivity contribution in [1.29, 1.82) is 0 Å². The van der Waals surface area contributed by atoms with Gasteiger partial charge in [0.05, 0.1) is 12.2 Å². The van der Waals surface area contributed by atoms with Gasteiger partial charge in [-0.2, -0.15) is 5.21 Å². The molecular weight excluding hydrogens is 212 g/mol. The molecule has 8 nitrogen and oxygen atoms in total. The number of carbonyl (C=O) groups excluding carboxylic acids is 1.